The number of ether oxygens (including phenoxy) is 2. The van der Waals surface area contributed by atoms with Gasteiger partial charge in [-0.25, -0.2) is 9.78 Å². The quantitative estimate of drug-likeness (QED) is 0.841. The molecular formula is C15H16N4O3. The van der Waals surface area contributed by atoms with Crippen molar-refractivity contribution in [2.24, 2.45) is 0 Å². The van der Waals surface area contributed by atoms with E-state index >= 15 is 0 Å². The van der Waals surface area contributed by atoms with Crippen molar-refractivity contribution in [3.8, 4) is 11.5 Å². The molecule has 1 aromatic carbocycles. The molecule has 22 heavy (non-hydrogen) atoms. The van der Waals surface area contributed by atoms with Gasteiger partial charge in [0.1, 0.15) is 13.2 Å². The third-order valence-corrected chi connectivity index (χ3v) is 3.86. The maximum Gasteiger partial charge on any atom is 0.322 e. The van der Waals surface area contributed by atoms with Crippen LogP contribution in [0.15, 0.2) is 24.5 Å². The summed E-state index contributed by atoms with van der Waals surface area (Å²) in [6.45, 7) is 2.29. The lowest BCUT2D eigenvalue weighted by Crippen LogP contribution is -2.39. The number of rotatable bonds is 1. The van der Waals surface area contributed by atoms with E-state index in [0.29, 0.717) is 43.5 Å². The average molecular weight is 300 g/mol. The molecule has 2 aliphatic rings. The van der Waals surface area contributed by atoms with Crippen molar-refractivity contribution in [1.29, 1.82) is 0 Å². The number of hydrogen-bond donors (Lipinski definition) is 2. The van der Waals surface area contributed by atoms with Crippen LogP contribution >= 0.6 is 0 Å². The number of aromatic amines is 1. The van der Waals surface area contributed by atoms with Crippen LogP contribution in [0.2, 0.25) is 0 Å². The molecule has 0 unspecified atom stereocenters. The topological polar surface area (TPSA) is 79.5 Å². The highest BCUT2D eigenvalue weighted by Gasteiger charge is 2.22. The van der Waals surface area contributed by atoms with Gasteiger partial charge >= 0.3 is 6.03 Å². The number of aromatic nitrogens is 2. The van der Waals surface area contributed by atoms with Gasteiger partial charge in [-0.2, -0.15) is 0 Å². The number of anilines is 1. The van der Waals surface area contributed by atoms with Crippen LogP contribution in [0.1, 0.15) is 11.4 Å². The van der Waals surface area contributed by atoms with Gasteiger partial charge in [0.25, 0.3) is 0 Å². The molecule has 0 fully saturated rings. The van der Waals surface area contributed by atoms with Crippen LogP contribution in [0, 0.1) is 0 Å². The van der Waals surface area contributed by atoms with Crippen LogP contribution in [-0.4, -0.2) is 40.7 Å². The summed E-state index contributed by atoms with van der Waals surface area (Å²) in [5.41, 5.74) is 2.75. The highest BCUT2D eigenvalue weighted by molar-refractivity contribution is 5.89. The maximum atomic E-state index is 12.4. The summed E-state index contributed by atoms with van der Waals surface area (Å²) in [7, 11) is 0. The van der Waals surface area contributed by atoms with Crippen LogP contribution in [0.5, 0.6) is 11.5 Å². The molecule has 2 aliphatic heterocycles. The first kappa shape index (κ1) is 13.0. The Labute approximate surface area is 127 Å². The Bertz CT molecular complexity index is 713. The molecule has 2 amide bonds. The number of fused-ring (bicyclic) bond motifs is 2. The number of urea groups is 1. The molecule has 2 aromatic rings. The van der Waals surface area contributed by atoms with E-state index in [1.165, 1.54) is 0 Å². The normalized spacial score (nSPS) is 16.1. The van der Waals surface area contributed by atoms with Crippen molar-refractivity contribution in [2.45, 2.75) is 13.0 Å². The van der Waals surface area contributed by atoms with Gasteiger partial charge in [-0.05, 0) is 12.1 Å². The molecule has 0 saturated heterocycles. The van der Waals surface area contributed by atoms with E-state index in [1.54, 1.807) is 17.3 Å². The van der Waals surface area contributed by atoms with E-state index in [1.807, 2.05) is 12.1 Å². The van der Waals surface area contributed by atoms with Gasteiger partial charge in [0.05, 0.1) is 24.3 Å². The summed E-state index contributed by atoms with van der Waals surface area (Å²) < 4.78 is 11.0. The number of carbonyl (C=O) groups is 1. The standard InChI is InChI=1S/C15H16N4O3/c20-15(19-4-3-11-12(8-19)17-9-16-11)18-10-1-2-13-14(7-10)22-6-5-21-13/h1-2,7,9H,3-6,8H2,(H,16,17)(H,18,20). The molecule has 0 bridgehead atoms. The number of nitrogens with one attached hydrogen (secondary N) is 2. The Morgan fingerprint density at radius 2 is 2.14 bits per heavy atom. The highest BCUT2D eigenvalue weighted by Crippen LogP contribution is 2.32. The van der Waals surface area contributed by atoms with Gasteiger partial charge in [0, 0.05) is 24.7 Å². The Morgan fingerprint density at radius 3 is 3.05 bits per heavy atom. The number of imidazole rings is 1. The lowest BCUT2D eigenvalue weighted by molar-refractivity contribution is 0.171. The smallest absolute Gasteiger partial charge is 0.322 e. The van der Waals surface area contributed by atoms with E-state index in [4.69, 9.17) is 9.47 Å². The molecule has 7 nitrogen and oxygen atoms in total. The molecule has 7 heteroatoms. The zero-order valence-electron chi connectivity index (χ0n) is 12.0. The minimum Gasteiger partial charge on any atom is -0.486 e. The summed E-state index contributed by atoms with van der Waals surface area (Å²) in [6, 6.07) is 5.29. The van der Waals surface area contributed by atoms with Gasteiger partial charge in [-0.3, -0.25) is 0 Å². The second-order valence-electron chi connectivity index (χ2n) is 5.29. The highest BCUT2D eigenvalue weighted by atomic mass is 16.6. The molecule has 3 heterocycles. The van der Waals surface area contributed by atoms with E-state index in [0.717, 1.165) is 17.8 Å². The number of benzene rings is 1. The first-order chi connectivity index (χ1) is 10.8. The zero-order valence-corrected chi connectivity index (χ0v) is 12.0. The Balaban J connectivity index is 1.46. The predicted molar refractivity (Wildman–Crippen MR) is 79.2 cm³/mol. The van der Waals surface area contributed by atoms with Crippen LogP contribution in [0.3, 0.4) is 0 Å². The van der Waals surface area contributed by atoms with Crippen molar-refractivity contribution < 1.29 is 14.3 Å². The van der Waals surface area contributed by atoms with Gasteiger partial charge in [0.15, 0.2) is 11.5 Å². The molecule has 114 valence electrons. The van der Waals surface area contributed by atoms with Gasteiger partial charge in [0.2, 0.25) is 0 Å². The second kappa shape index (κ2) is 5.25. The molecule has 0 radical (unpaired) electrons. The van der Waals surface area contributed by atoms with E-state index < -0.39 is 0 Å². The van der Waals surface area contributed by atoms with Crippen molar-refractivity contribution >= 4 is 11.7 Å². The Hall–Kier alpha value is -2.70. The van der Waals surface area contributed by atoms with Crippen LogP contribution in [0.4, 0.5) is 10.5 Å². The number of H-pyrrole nitrogens is 1. The number of nitrogens with zero attached hydrogens (tertiary/aromatic N) is 2. The minimum absolute atomic E-state index is 0.128. The first-order valence-electron chi connectivity index (χ1n) is 7.26. The molecule has 0 aliphatic carbocycles. The minimum atomic E-state index is -0.128. The molecular weight excluding hydrogens is 284 g/mol. The fraction of sp³-hybridized carbons (Fsp3) is 0.333. The summed E-state index contributed by atoms with van der Waals surface area (Å²) in [6.07, 6.45) is 2.44. The van der Waals surface area contributed by atoms with Crippen molar-refractivity contribution in [2.75, 3.05) is 25.1 Å². The van der Waals surface area contributed by atoms with Crippen molar-refractivity contribution in [3.63, 3.8) is 0 Å². The van der Waals surface area contributed by atoms with Crippen molar-refractivity contribution in [1.82, 2.24) is 14.9 Å². The van der Waals surface area contributed by atoms with Gasteiger partial charge < -0.3 is 24.7 Å². The van der Waals surface area contributed by atoms with Gasteiger partial charge in [-0.1, -0.05) is 0 Å². The number of amides is 2. The predicted octanol–water partition coefficient (Wildman–Crippen LogP) is 1.77. The lowest BCUT2D eigenvalue weighted by Gasteiger charge is -2.26. The molecule has 4 rings (SSSR count). The van der Waals surface area contributed by atoms with Gasteiger partial charge in [-0.15, -0.1) is 0 Å². The fourth-order valence-electron chi connectivity index (χ4n) is 2.71. The van der Waals surface area contributed by atoms with E-state index in [2.05, 4.69) is 15.3 Å². The van der Waals surface area contributed by atoms with E-state index in [9.17, 15) is 4.79 Å². The molecule has 0 spiro atoms. The second-order valence-corrected chi connectivity index (χ2v) is 5.29. The average Bonchev–Trinajstić information content (AvgIpc) is 3.02. The van der Waals surface area contributed by atoms with Crippen LogP contribution < -0.4 is 14.8 Å². The summed E-state index contributed by atoms with van der Waals surface area (Å²) >= 11 is 0. The van der Waals surface area contributed by atoms with Crippen LogP contribution in [0.25, 0.3) is 0 Å². The summed E-state index contributed by atoms with van der Waals surface area (Å²) in [4.78, 5) is 21.5. The monoisotopic (exact) mass is 300 g/mol. The summed E-state index contributed by atoms with van der Waals surface area (Å²) in [5.74, 6) is 1.38. The number of hydrogen-bond acceptors (Lipinski definition) is 4. The van der Waals surface area contributed by atoms with Crippen molar-refractivity contribution in [3.05, 3.63) is 35.9 Å². The Morgan fingerprint density at radius 1 is 1.27 bits per heavy atom. The lowest BCUT2D eigenvalue weighted by atomic mass is 10.1. The Kier molecular flexibility index (Phi) is 3.10. The molecule has 0 saturated carbocycles. The molecule has 1 aromatic heterocycles. The molecule has 0 atom stereocenters. The maximum absolute atomic E-state index is 12.4. The zero-order chi connectivity index (χ0) is 14.9. The SMILES string of the molecule is O=C(Nc1ccc2c(c1)OCCO2)N1CCc2nc[nH]c2C1. The fourth-order valence-corrected chi connectivity index (χ4v) is 2.71. The van der Waals surface area contributed by atoms with E-state index in [-0.39, 0.29) is 6.03 Å². The number of carbonyl (C=O) groups excluding carboxylic acids is 1. The third-order valence-electron chi connectivity index (χ3n) is 3.86. The molecule has 2 N–H and O–H groups in total. The first-order valence-corrected chi connectivity index (χ1v) is 7.26. The van der Waals surface area contributed by atoms with Crippen LogP contribution in [-0.2, 0) is 13.0 Å². The summed E-state index contributed by atoms with van der Waals surface area (Å²) in [5, 5.41) is 2.90. The third kappa shape index (κ3) is 2.34. The largest absolute Gasteiger partial charge is 0.486 e.